The third kappa shape index (κ3) is 4.79. The summed E-state index contributed by atoms with van der Waals surface area (Å²) in [6.45, 7) is 1.45. The molecule has 0 spiro atoms. The van der Waals surface area contributed by atoms with Crippen molar-refractivity contribution < 1.29 is 18.7 Å². The summed E-state index contributed by atoms with van der Waals surface area (Å²) in [5.74, 6) is -1.67. The zero-order chi connectivity index (χ0) is 16.8. The van der Waals surface area contributed by atoms with E-state index in [0.29, 0.717) is 5.56 Å². The Hall–Kier alpha value is -2.41. The number of ether oxygens (including phenoxy) is 1. The number of halogens is 2. The standard InChI is InChI=1S/C16H14BrFN2O3/c1-10(23-14-8-3-2-7-13(14)18)15(21)19-20-16(22)11-5-4-6-12(17)9-11/h2-10H,1H3,(H,19,21)(H,20,22)/t10-/m1/s1. The third-order valence-electron chi connectivity index (χ3n) is 2.90. The lowest BCUT2D eigenvalue weighted by Crippen LogP contribution is -2.47. The van der Waals surface area contributed by atoms with Gasteiger partial charge in [0.25, 0.3) is 11.8 Å². The van der Waals surface area contributed by atoms with E-state index in [1.54, 1.807) is 30.3 Å². The van der Waals surface area contributed by atoms with Crippen LogP contribution in [0.5, 0.6) is 5.75 Å². The van der Waals surface area contributed by atoms with Crippen LogP contribution in [0.4, 0.5) is 4.39 Å². The van der Waals surface area contributed by atoms with Crippen LogP contribution >= 0.6 is 15.9 Å². The summed E-state index contributed by atoms with van der Waals surface area (Å²) >= 11 is 3.25. The Labute approximate surface area is 140 Å². The maximum Gasteiger partial charge on any atom is 0.279 e. The monoisotopic (exact) mass is 380 g/mol. The number of benzene rings is 2. The molecule has 0 aliphatic rings. The molecule has 0 aliphatic carbocycles. The maximum absolute atomic E-state index is 13.5. The molecule has 0 aromatic heterocycles. The molecule has 2 rings (SSSR count). The molecule has 0 saturated heterocycles. The molecular weight excluding hydrogens is 367 g/mol. The van der Waals surface area contributed by atoms with E-state index in [9.17, 15) is 14.0 Å². The van der Waals surface area contributed by atoms with E-state index in [-0.39, 0.29) is 5.75 Å². The van der Waals surface area contributed by atoms with Crippen LogP contribution < -0.4 is 15.6 Å². The fourth-order valence-electron chi connectivity index (χ4n) is 1.71. The Morgan fingerprint density at radius 3 is 2.57 bits per heavy atom. The van der Waals surface area contributed by atoms with Gasteiger partial charge in [0.2, 0.25) is 0 Å². The topological polar surface area (TPSA) is 67.4 Å². The highest BCUT2D eigenvalue weighted by atomic mass is 79.9. The third-order valence-corrected chi connectivity index (χ3v) is 3.39. The van der Waals surface area contributed by atoms with E-state index < -0.39 is 23.7 Å². The van der Waals surface area contributed by atoms with Gasteiger partial charge in [0.05, 0.1) is 0 Å². The van der Waals surface area contributed by atoms with Gasteiger partial charge in [-0.2, -0.15) is 0 Å². The molecule has 23 heavy (non-hydrogen) atoms. The first kappa shape index (κ1) is 17.0. The number of amides is 2. The summed E-state index contributed by atoms with van der Waals surface area (Å²) in [6, 6.07) is 12.5. The summed E-state index contributed by atoms with van der Waals surface area (Å²) in [5.41, 5.74) is 4.89. The Morgan fingerprint density at radius 2 is 1.87 bits per heavy atom. The number of para-hydroxylation sites is 1. The van der Waals surface area contributed by atoms with Gasteiger partial charge < -0.3 is 4.74 Å². The minimum atomic E-state index is -0.977. The minimum Gasteiger partial charge on any atom is -0.478 e. The first-order chi connectivity index (χ1) is 11.0. The summed E-state index contributed by atoms with van der Waals surface area (Å²) in [4.78, 5) is 23.8. The highest BCUT2D eigenvalue weighted by Gasteiger charge is 2.17. The predicted molar refractivity (Wildman–Crippen MR) is 86.2 cm³/mol. The SMILES string of the molecule is C[C@@H](Oc1ccccc1F)C(=O)NNC(=O)c1cccc(Br)c1. The highest BCUT2D eigenvalue weighted by Crippen LogP contribution is 2.17. The van der Waals surface area contributed by atoms with E-state index in [1.165, 1.54) is 25.1 Å². The molecular formula is C16H14BrFN2O3. The number of hydrogen-bond donors (Lipinski definition) is 2. The lowest BCUT2D eigenvalue weighted by molar-refractivity contribution is -0.128. The molecule has 5 nitrogen and oxygen atoms in total. The Kier molecular flexibility index (Phi) is 5.70. The maximum atomic E-state index is 13.5. The smallest absolute Gasteiger partial charge is 0.279 e. The second-order valence-electron chi connectivity index (χ2n) is 4.64. The van der Waals surface area contributed by atoms with Crippen molar-refractivity contribution in [3.8, 4) is 5.75 Å². The first-order valence-electron chi connectivity index (χ1n) is 6.74. The van der Waals surface area contributed by atoms with E-state index >= 15 is 0 Å². The molecule has 1 atom stereocenters. The number of carbonyl (C=O) groups excluding carboxylic acids is 2. The summed E-state index contributed by atoms with van der Waals surface area (Å²) in [5, 5.41) is 0. The average molecular weight is 381 g/mol. The molecule has 0 aliphatic heterocycles. The van der Waals surface area contributed by atoms with Gasteiger partial charge in [-0.05, 0) is 37.3 Å². The zero-order valence-electron chi connectivity index (χ0n) is 12.2. The van der Waals surface area contributed by atoms with Crippen LogP contribution in [0.25, 0.3) is 0 Å². The van der Waals surface area contributed by atoms with Crippen molar-refractivity contribution in [2.24, 2.45) is 0 Å². The molecule has 0 heterocycles. The number of hydrazine groups is 1. The predicted octanol–water partition coefficient (Wildman–Crippen LogP) is 2.82. The number of carbonyl (C=O) groups is 2. The zero-order valence-corrected chi connectivity index (χ0v) is 13.8. The van der Waals surface area contributed by atoms with E-state index in [2.05, 4.69) is 26.8 Å². The minimum absolute atomic E-state index is 0.0338. The molecule has 2 amide bonds. The number of hydrogen-bond acceptors (Lipinski definition) is 3. The highest BCUT2D eigenvalue weighted by molar-refractivity contribution is 9.10. The van der Waals surface area contributed by atoms with E-state index in [4.69, 9.17) is 4.74 Å². The molecule has 7 heteroatoms. The molecule has 0 bridgehead atoms. The van der Waals surface area contributed by atoms with E-state index in [0.717, 1.165) is 4.47 Å². The van der Waals surface area contributed by atoms with Crippen LogP contribution in [-0.4, -0.2) is 17.9 Å². The van der Waals surface area contributed by atoms with Crippen LogP contribution in [0, 0.1) is 5.82 Å². The van der Waals surface area contributed by atoms with Crippen molar-refractivity contribution in [2.45, 2.75) is 13.0 Å². The molecule has 2 N–H and O–H groups in total. The summed E-state index contributed by atoms with van der Waals surface area (Å²) < 4.78 is 19.4. The Bertz CT molecular complexity index is 724. The van der Waals surface area contributed by atoms with Gasteiger partial charge >= 0.3 is 0 Å². The second-order valence-corrected chi connectivity index (χ2v) is 5.56. The van der Waals surface area contributed by atoms with Crippen LogP contribution in [0.2, 0.25) is 0 Å². The molecule has 2 aromatic rings. The van der Waals surface area contributed by atoms with Crippen molar-refractivity contribution in [3.05, 3.63) is 64.4 Å². The van der Waals surface area contributed by atoms with Crippen molar-refractivity contribution >= 4 is 27.7 Å². The van der Waals surface area contributed by atoms with Gasteiger partial charge in [0.1, 0.15) is 0 Å². The number of nitrogens with one attached hydrogen (secondary N) is 2. The molecule has 2 aromatic carbocycles. The normalized spacial score (nSPS) is 11.4. The van der Waals surface area contributed by atoms with Crippen molar-refractivity contribution in [1.82, 2.24) is 10.9 Å². The van der Waals surface area contributed by atoms with E-state index in [1.807, 2.05) is 0 Å². The van der Waals surface area contributed by atoms with Crippen LogP contribution in [-0.2, 0) is 4.79 Å². The largest absolute Gasteiger partial charge is 0.478 e. The van der Waals surface area contributed by atoms with Crippen molar-refractivity contribution in [2.75, 3.05) is 0 Å². The van der Waals surface area contributed by atoms with Crippen molar-refractivity contribution in [1.29, 1.82) is 0 Å². The average Bonchev–Trinajstić information content (AvgIpc) is 2.54. The van der Waals surface area contributed by atoms with Gasteiger partial charge in [-0.15, -0.1) is 0 Å². The fourth-order valence-corrected chi connectivity index (χ4v) is 2.11. The van der Waals surface area contributed by atoms with Gasteiger partial charge in [-0.25, -0.2) is 4.39 Å². The molecule has 0 unspecified atom stereocenters. The van der Waals surface area contributed by atoms with Gasteiger partial charge in [-0.1, -0.05) is 34.1 Å². The number of rotatable bonds is 4. The van der Waals surface area contributed by atoms with Gasteiger partial charge in [-0.3, -0.25) is 20.4 Å². The Morgan fingerprint density at radius 1 is 1.13 bits per heavy atom. The van der Waals surface area contributed by atoms with Crippen LogP contribution in [0.1, 0.15) is 17.3 Å². The fraction of sp³-hybridized carbons (Fsp3) is 0.125. The summed E-state index contributed by atoms with van der Waals surface area (Å²) in [6.07, 6.45) is -0.977. The molecule has 0 fully saturated rings. The lowest BCUT2D eigenvalue weighted by atomic mass is 10.2. The van der Waals surface area contributed by atoms with Gasteiger partial charge in [0, 0.05) is 10.0 Å². The second kappa shape index (κ2) is 7.73. The van der Waals surface area contributed by atoms with Gasteiger partial charge in [0.15, 0.2) is 17.7 Å². The van der Waals surface area contributed by atoms with Crippen molar-refractivity contribution in [3.63, 3.8) is 0 Å². The molecule has 0 radical (unpaired) electrons. The molecule has 0 saturated carbocycles. The van der Waals surface area contributed by atoms with Crippen LogP contribution in [0.15, 0.2) is 53.0 Å². The molecule has 120 valence electrons. The Balaban J connectivity index is 1.89. The quantitative estimate of drug-likeness (QED) is 0.801. The first-order valence-corrected chi connectivity index (χ1v) is 7.53. The summed E-state index contributed by atoms with van der Waals surface area (Å²) in [7, 11) is 0. The van der Waals surface area contributed by atoms with Crippen LogP contribution in [0.3, 0.4) is 0 Å². The lowest BCUT2D eigenvalue weighted by Gasteiger charge is -2.15.